The van der Waals surface area contributed by atoms with Crippen LogP contribution in [0.5, 0.6) is 0 Å². The highest BCUT2D eigenvalue weighted by Gasteiger charge is 2.11. The van der Waals surface area contributed by atoms with E-state index in [1.807, 2.05) is 54.6 Å². The summed E-state index contributed by atoms with van der Waals surface area (Å²) in [5.74, 6) is -0.0745. The minimum absolute atomic E-state index is 0.0745. The highest BCUT2D eigenvalue weighted by Crippen LogP contribution is 2.20. The standard InChI is InChI=1S/C21H20N4O2/c26-18(22-12-10-15-6-2-1-3-7-15)11-13-25-14-23-19-16-8-4-5-9-17(16)24-20(19)21(25)27/h1-9,14,24H,10-13H2,(H,22,26). The molecule has 2 aromatic carbocycles. The van der Waals surface area contributed by atoms with Crippen LogP contribution in [0.25, 0.3) is 21.9 Å². The fourth-order valence-corrected chi connectivity index (χ4v) is 3.20. The molecule has 0 aliphatic heterocycles. The number of fused-ring (bicyclic) bond motifs is 3. The van der Waals surface area contributed by atoms with Crippen LogP contribution in [0, 0.1) is 0 Å². The number of benzene rings is 2. The van der Waals surface area contributed by atoms with Crippen LogP contribution in [0.1, 0.15) is 12.0 Å². The first kappa shape index (κ1) is 17.0. The van der Waals surface area contributed by atoms with Crippen LogP contribution in [-0.4, -0.2) is 27.0 Å². The lowest BCUT2D eigenvalue weighted by molar-refractivity contribution is -0.121. The zero-order valence-corrected chi connectivity index (χ0v) is 14.8. The fourth-order valence-electron chi connectivity index (χ4n) is 3.20. The van der Waals surface area contributed by atoms with Crippen molar-refractivity contribution < 1.29 is 4.79 Å². The zero-order chi connectivity index (χ0) is 18.6. The molecule has 0 unspecified atom stereocenters. The molecule has 4 aromatic rings. The summed E-state index contributed by atoms with van der Waals surface area (Å²) in [6.45, 7) is 0.880. The molecule has 0 fully saturated rings. The SMILES string of the molecule is O=C(CCn1cnc2c([nH]c3ccccc32)c1=O)NCCc1ccccc1. The molecule has 0 saturated carbocycles. The van der Waals surface area contributed by atoms with Crippen molar-refractivity contribution in [2.24, 2.45) is 0 Å². The van der Waals surface area contributed by atoms with Gasteiger partial charge < -0.3 is 10.3 Å². The van der Waals surface area contributed by atoms with Crippen LogP contribution in [0.2, 0.25) is 0 Å². The second-order valence-corrected chi connectivity index (χ2v) is 6.47. The van der Waals surface area contributed by atoms with Gasteiger partial charge in [0.25, 0.3) is 5.56 Å². The number of para-hydroxylation sites is 1. The lowest BCUT2D eigenvalue weighted by atomic mass is 10.1. The first-order valence-corrected chi connectivity index (χ1v) is 8.99. The summed E-state index contributed by atoms with van der Waals surface area (Å²) >= 11 is 0. The number of aromatic nitrogens is 3. The third-order valence-corrected chi connectivity index (χ3v) is 4.64. The summed E-state index contributed by atoms with van der Waals surface area (Å²) in [6.07, 6.45) is 2.54. The van der Waals surface area contributed by atoms with Gasteiger partial charge in [0.15, 0.2) is 0 Å². The van der Waals surface area contributed by atoms with Crippen molar-refractivity contribution in [1.29, 1.82) is 0 Å². The molecule has 2 heterocycles. The molecule has 0 aliphatic carbocycles. The third kappa shape index (κ3) is 3.60. The highest BCUT2D eigenvalue weighted by atomic mass is 16.1. The van der Waals surface area contributed by atoms with Crippen molar-refractivity contribution in [3.8, 4) is 0 Å². The molecule has 0 saturated heterocycles. The lowest BCUT2D eigenvalue weighted by Crippen LogP contribution is -2.29. The quantitative estimate of drug-likeness (QED) is 0.555. The minimum Gasteiger partial charge on any atom is -0.356 e. The molecular formula is C21H20N4O2. The Morgan fingerprint density at radius 1 is 1.07 bits per heavy atom. The van der Waals surface area contributed by atoms with E-state index in [0.29, 0.717) is 24.1 Å². The molecule has 0 atom stereocenters. The molecule has 6 nitrogen and oxygen atoms in total. The number of carbonyl (C=O) groups is 1. The normalized spacial score (nSPS) is 11.1. The largest absolute Gasteiger partial charge is 0.356 e. The van der Waals surface area contributed by atoms with Gasteiger partial charge in [0, 0.05) is 30.4 Å². The lowest BCUT2D eigenvalue weighted by Gasteiger charge is -2.07. The van der Waals surface area contributed by atoms with Crippen LogP contribution in [0.15, 0.2) is 65.7 Å². The smallest absolute Gasteiger partial charge is 0.277 e. The molecule has 0 aliphatic rings. The van der Waals surface area contributed by atoms with Crippen molar-refractivity contribution in [3.05, 3.63) is 76.8 Å². The number of H-pyrrole nitrogens is 1. The predicted molar refractivity (Wildman–Crippen MR) is 106 cm³/mol. The van der Waals surface area contributed by atoms with Crippen LogP contribution >= 0.6 is 0 Å². The predicted octanol–water partition coefficient (Wildman–Crippen LogP) is 2.63. The Morgan fingerprint density at radius 2 is 1.85 bits per heavy atom. The molecule has 4 rings (SSSR count). The molecule has 136 valence electrons. The Hall–Kier alpha value is -3.41. The van der Waals surface area contributed by atoms with Crippen molar-refractivity contribution in [3.63, 3.8) is 0 Å². The van der Waals surface area contributed by atoms with Crippen molar-refractivity contribution >= 4 is 27.8 Å². The average Bonchev–Trinajstić information content (AvgIpc) is 3.08. The number of hydrogen-bond donors (Lipinski definition) is 2. The van der Waals surface area contributed by atoms with E-state index in [2.05, 4.69) is 15.3 Å². The highest BCUT2D eigenvalue weighted by molar-refractivity contribution is 6.04. The van der Waals surface area contributed by atoms with Gasteiger partial charge in [0.2, 0.25) is 5.91 Å². The van der Waals surface area contributed by atoms with E-state index in [1.165, 1.54) is 16.5 Å². The maximum atomic E-state index is 12.7. The summed E-state index contributed by atoms with van der Waals surface area (Å²) in [5.41, 5.74) is 3.05. The van der Waals surface area contributed by atoms with Gasteiger partial charge in [-0.25, -0.2) is 4.98 Å². The van der Waals surface area contributed by atoms with Crippen LogP contribution in [0.4, 0.5) is 0 Å². The maximum Gasteiger partial charge on any atom is 0.277 e. The summed E-state index contributed by atoms with van der Waals surface area (Å²) in [7, 11) is 0. The molecule has 6 heteroatoms. The topological polar surface area (TPSA) is 79.8 Å². The summed E-state index contributed by atoms with van der Waals surface area (Å²) in [5, 5.41) is 3.82. The van der Waals surface area contributed by atoms with Crippen LogP contribution < -0.4 is 10.9 Å². The molecule has 0 spiro atoms. The summed E-state index contributed by atoms with van der Waals surface area (Å²) in [4.78, 5) is 32.3. The second kappa shape index (κ2) is 7.45. The fraction of sp³-hybridized carbons (Fsp3) is 0.190. The summed E-state index contributed by atoms with van der Waals surface area (Å²) < 4.78 is 1.48. The minimum atomic E-state index is -0.159. The van der Waals surface area contributed by atoms with Gasteiger partial charge in [-0.3, -0.25) is 14.2 Å². The van der Waals surface area contributed by atoms with Crippen molar-refractivity contribution in [2.75, 3.05) is 6.54 Å². The van der Waals surface area contributed by atoms with E-state index in [1.54, 1.807) is 0 Å². The van der Waals surface area contributed by atoms with Gasteiger partial charge in [-0.2, -0.15) is 0 Å². The number of aromatic amines is 1. The van der Waals surface area contributed by atoms with Crippen LogP contribution in [0.3, 0.4) is 0 Å². The number of amides is 1. The number of carbonyl (C=O) groups excluding carboxylic acids is 1. The third-order valence-electron chi connectivity index (χ3n) is 4.64. The zero-order valence-electron chi connectivity index (χ0n) is 14.8. The number of aryl methyl sites for hydroxylation is 1. The van der Waals surface area contributed by atoms with E-state index in [9.17, 15) is 9.59 Å². The van der Waals surface area contributed by atoms with Gasteiger partial charge in [-0.05, 0) is 18.1 Å². The van der Waals surface area contributed by atoms with Crippen LogP contribution in [-0.2, 0) is 17.8 Å². The molecule has 27 heavy (non-hydrogen) atoms. The second-order valence-electron chi connectivity index (χ2n) is 6.47. The molecule has 0 radical (unpaired) electrons. The Bertz CT molecular complexity index is 1150. The van der Waals surface area contributed by atoms with Gasteiger partial charge >= 0.3 is 0 Å². The monoisotopic (exact) mass is 360 g/mol. The Labute approximate surface area is 155 Å². The molecule has 1 amide bonds. The van der Waals surface area contributed by atoms with Crippen molar-refractivity contribution in [2.45, 2.75) is 19.4 Å². The Kier molecular flexibility index (Phi) is 4.70. The average molecular weight is 360 g/mol. The van der Waals surface area contributed by atoms with Crippen molar-refractivity contribution in [1.82, 2.24) is 19.9 Å². The van der Waals surface area contributed by atoms with Gasteiger partial charge in [0.05, 0.1) is 6.33 Å². The molecular weight excluding hydrogens is 340 g/mol. The number of hydrogen-bond acceptors (Lipinski definition) is 3. The number of rotatable bonds is 6. The van der Waals surface area contributed by atoms with E-state index < -0.39 is 0 Å². The van der Waals surface area contributed by atoms with Gasteiger partial charge in [-0.1, -0.05) is 48.5 Å². The Morgan fingerprint density at radius 3 is 2.70 bits per heavy atom. The van der Waals surface area contributed by atoms with E-state index >= 15 is 0 Å². The maximum absolute atomic E-state index is 12.7. The van der Waals surface area contributed by atoms with E-state index in [-0.39, 0.29) is 17.9 Å². The van der Waals surface area contributed by atoms with Gasteiger partial charge in [0.1, 0.15) is 11.0 Å². The van der Waals surface area contributed by atoms with E-state index in [0.717, 1.165) is 17.3 Å². The molecule has 2 N–H and O–H groups in total. The molecule has 0 bridgehead atoms. The first-order chi connectivity index (χ1) is 13.2. The van der Waals surface area contributed by atoms with Gasteiger partial charge in [-0.15, -0.1) is 0 Å². The molecule has 2 aromatic heterocycles. The summed E-state index contributed by atoms with van der Waals surface area (Å²) in [6, 6.07) is 17.7. The Balaban J connectivity index is 1.40. The number of nitrogens with zero attached hydrogens (tertiary/aromatic N) is 2. The number of nitrogens with one attached hydrogen (secondary N) is 2. The van der Waals surface area contributed by atoms with E-state index in [4.69, 9.17) is 0 Å². The first-order valence-electron chi connectivity index (χ1n) is 8.99.